The molecule has 7 heteroatoms. The largest absolute Gasteiger partial charge is 0.405 e. The van der Waals surface area contributed by atoms with Gasteiger partial charge < -0.3 is 21.1 Å². The zero-order valence-electron chi connectivity index (χ0n) is 15.3. The highest BCUT2D eigenvalue weighted by molar-refractivity contribution is 7.99. The van der Waals surface area contributed by atoms with Gasteiger partial charge in [0.15, 0.2) is 0 Å². The second-order valence-corrected chi connectivity index (χ2v) is 8.09. The fourth-order valence-electron chi connectivity index (χ4n) is 3.55. The van der Waals surface area contributed by atoms with E-state index in [1.165, 1.54) is 22.3 Å². The molecule has 3 heterocycles. The SMILES string of the molecule is CCSc1ccc2c(c1)N(c1ncc(/C(N)=C/C=C\N)cn1)CC21COC1. The van der Waals surface area contributed by atoms with Crippen LogP contribution >= 0.6 is 11.8 Å². The van der Waals surface area contributed by atoms with Gasteiger partial charge in [0.2, 0.25) is 5.95 Å². The van der Waals surface area contributed by atoms with Gasteiger partial charge in [-0.25, -0.2) is 9.97 Å². The van der Waals surface area contributed by atoms with E-state index < -0.39 is 0 Å². The predicted molar refractivity (Wildman–Crippen MR) is 110 cm³/mol. The van der Waals surface area contributed by atoms with Crippen molar-refractivity contribution in [3.8, 4) is 0 Å². The van der Waals surface area contributed by atoms with E-state index in [-0.39, 0.29) is 5.41 Å². The van der Waals surface area contributed by atoms with E-state index in [0.717, 1.165) is 31.1 Å². The van der Waals surface area contributed by atoms with Crippen LogP contribution in [0.1, 0.15) is 18.1 Å². The number of thioether (sulfide) groups is 1. The van der Waals surface area contributed by atoms with Crippen LogP contribution in [0.4, 0.5) is 11.6 Å². The molecule has 0 bridgehead atoms. The minimum absolute atomic E-state index is 0.0532. The first-order valence-electron chi connectivity index (χ1n) is 8.96. The van der Waals surface area contributed by atoms with Crippen LogP contribution in [0, 0.1) is 0 Å². The fourth-order valence-corrected chi connectivity index (χ4v) is 4.24. The number of rotatable bonds is 5. The number of ether oxygens (including phenoxy) is 1. The quantitative estimate of drug-likeness (QED) is 0.608. The van der Waals surface area contributed by atoms with Crippen LogP contribution in [-0.4, -0.2) is 35.5 Å². The van der Waals surface area contributed by atoms with Crippen molar-refractivity contribution in [1.29, 1.82) is 0 Å². The van der Waals surface area contributed by atoms with Crippen LogP contribution in [-0.2, 0) is 10.2 Å². The summed E-state index contributed by atoms with van der Waals surface area (Å²) in [4.78, 5) is 12.6. The van der Waals surface area contributed by atoms with Crippen LogP contribution in [0.15, 0.2) is 53.8 Å². The minimum atomic E-state index is 0.0532. The van der Waals surface area contributed by atoms with E-state index in [0.29, 0.717) is 11.6 Å². The van der Waals surface area contributed by atoms with Crippen LogP contribution in [0.3, 0.4) is 0 Å². The van der Waals surface area contributed by atoms with Gasteiger partial charge in [0.25, 0.3) is 0 Å². The summed E-state index contributed by atoms with van der Waals surface area (Å²) in [6, 6.07) is 6.69. The maximum atomic E-state index is 6.03. The first-order chi connectivity index (χ1) is 13.2. The minimum Gasteiger partial charge on any atom is -0.405 e. The zero-order valence-corrected chi connectivity index (χ0v) is 16.1. The summed E-state index contributed by atoms with van der Waals surface area (Å²) >= 11 is 1.84. The molecule has 1 aromatic heterocycles. The standard InChI is InChI=1S/C20H23N5OS/c1-2-27-15-5-6-16-18(8-15)25(11-20(16)12-26-13-20)19-23-9-14(10-24-19)17(22)4-3-7-21/h3-10H,2,11-13,21-22H2,1H3/b7-3-,17-4-. The fraction of sp³-hybridized carbons (Fsp3) is 0.300. The molecule has 2 aliphatic rings. The van der Waals surface area contributed by atoms with E-state index in [1.54, 1.807) is 24.5 Å². The molecule has 1 aromatic carbocycles. The molecule has 0 saturated carbocycles. The van der Waals surface area contributed by atoms with Crippen LogP contribution < -0.4 is 16.4 Å². The molecule has 2 aliphatic heterocycles. The molecule has 0 unspecified atom stereocenters. The summed E-state index contributed by atoms with van der Waals surface area (Å²) in [6.07, 6.45) is 8.37. The van der Waals surface area contributed by atoms with Crippen molar-refractivity contribution in [3.63, 3.8) is 0 Å². The van der Waals surface area contributed by atoms with Gasteiger partial charge in [-0.1, -0.05) is 13.0 Å². The normalized spacial score (nSPS) is 18.1. The molecule has 2 aromatic rings. The van der Waals surface area contributed by atoms with Gasteiger partial charge in [0.1, 0.15) is 0 Å². The third kappa shape index (κ3) is 3.17. The van der Waals surface area contributed by atoms with Gasteiger partial charge in [-0.2, -0.15) is 0 Å². The Kier molecular flexibility index (Phi) is 4.80. The summed E-state index contributed by atoms with van der Waals surface area (Å²) in [5.41, 5.74) is 15.3. The van der Waals surface area contributed by atoms with Gasteiger partial charge in [0, 0.05) is 40.8 Å². The van der Waals surface area contributed by atoms with Crippen LogP contribution in [0.2, 0.25) is 0 Å². The van der Waals surface area contributed by atoms with E-state index in [1.807, 2.05) is 11.8 Å². The maximum absolute atomic E-state index is 6.03. The lowest BCUT2D eigenvalue weighted by molar-refractivity contribution is -0.0507. The molecule has 0 atom stereocenters. The molecule has 4 N–H and O–H groups in total. The number of aromatic nitrogens is 2. The number of fused-ring (bicyclic) bond motifs is 2. The topological polar surface area (TPSA) is 90.3 Å². The molecular formula is C20H23N5OS. The monoisotopic (exact) mass is 381 g/mol. The van der Waals surface area contributed by atoms with Crippen molar-refractivity contribution >= 4 is 29.1 Å². The van der Waals surface area contributed by atoms with Crippen LogP contribution in [0.5, 0.6) is 0 Å². The molecular weight excluding hydrogens is 358 g/mol. The smallest absolute Gasteiger partial charge is 0.229 e. The van der Waals surface area contributed by atoms with Crippen molar-refractivity contribution in [1.82, 2.24) is 9.97 Å². The number of hydrogen-bond donors (Lipinski definition) is 2. The Balaban J connectivity index is 1.67. The number of hydrogen-bond acceptors (Lipinski definition) is 7. The Bertz CT molecular complexity index is 890. The van der Waals surface area contributed by atoms with Crippen molar-refractivity contribution in [2.75, 3.05) is 30.4 Å². The molecule has 27 heavy (non-hydrogen) atoms. The number of allylic oxidation sites excluding steroid dienone is 2. The second-order valence-electron chi connectivity index (χ2n) is 6.75. The average molecular weight is 382 g/mol. The van der Waals surface area contributed by atoms with Crippen molar-refractivity contribution < 1.29 is 4.74 Å². The summed E-state index contributed by atoms with van der Waals surface area (Å²) in [5, 5.41) is 0. The van der Waals surface area contributed by atoms with Gasteiger partial charge >= 0.3 is 0 Å². The summed E-state index contributed by atoms with van der Waals surface area (Å²) in [5.74, 6) is 1.73. The predicted octanol–water partition coefficient (Wildman–Crippen LogP) is 2.78. The Morgan fingerprint density at radius 1 is 1.33 bits per heavy atom. The van der Waals surface area contributed by atoms with Crippen molar-refractivity contribution in [2.45, 2.75) is 17.2 Å². The van der Waals surface area contributed by atoms with Gasteiger partial charge in [-0.3, -0.25) is 0 Å². The molecule has 0 aliphatic carbocycles. The highest BCUT2D eigenvalue weighted by atomic mass is 32.2. The van der Waals surface area contributed by atoms with Crippen LogP contribution in [0.25, 0.3) is 5.70 Å². The molecule has 0 amide bonds. The van der Waals surface area contributed by atoms with E-state index >= 15 is 0 Å². The van der Waals surface area contributed by atoms with Gasteiger partial charge in [-0.15, -0.1) is 11.8 Å². The van der Waals surface area contributed by atoms with E-state index in [9.17, 15) is 0 Å². The van der Waals surface area contributed by atoms with Gasteiger partial charge in [0.05, 0.1) is 18.6 Å². The molecule has 1 spiro atoms. The Morgan fingerprint density at radius 3 is 2.74 bits per heavy atom. The third-order valence-electron chi connectivity index (χ3n) is 4.96. The molecule has 1 saturated heterocycles. The zero-order chi connectivity index (χ0) is 18.9. The lowest BCUT2D eigenvalue weighted by atomic mass is 9.81. The van der Waals surface area contributed by atoms with E-state index in [2.05, 4.69) is 40.0 Å². The maximum Gasteiger partial charge on any atom is 0.229 e. The second kappa shape index (κ2) is 7.25. The lowest BCUT2D eigenvalue weighted by Crippen LogP contribution is -2.49. The highest BCUT2D eigenvalue weighted by Crippen LogP contribution is 2.48. The summed E-state index contributed by atoms with van der Waals surface area (Å²) in [6.45, 7) is 4.49. The Morgan fingerprint density at radius 2 is 2.11 bits per heavy atom. The third-order valence-corrected chi connectivity index (χ3v) is 5.84. The Hall–Kier alpha value is -2.51. The summed E-state index contributed by atoms with van der Waals surface area (Å²) < 4.78 is 5.55. The van der Waals surface area contributed by atoms with Crippen molar-refractivity contribution in [2.24, 2.45) is 11.5 Å². The lowest BCUT2D eigenvalue weighted by Gasteiger charge is -2.38. The first kappa shape index (κ1) is 17.9. The van der Waals surface area contributed by atoms with Crippen molar-refractivity contribution in [3.05, 3.63) is 60.1 Å². The average Bonchev–Trinajstić information content (AvgIpc) is 3.02. The summed E-state index contributed by atoms with van der Waals surface area (Å²) in [7, 11) is 0. The molecule has 4 rings (SSSR count). The number of anilines is 2. The Labute approximate surface area is 163 Å². The molecule has 0 radical (unpaired) electrons. The number of nitrogens with zero attached hydrogens (tertiary/aromatic N) is 3. The van der Waals surface area contributed by atoms with Gasteiger partial charge in [-0.05, 0) is 41.8 Å². The first-order valence-corrected chi connectivity index (χ1v) is 9.94. The highest BCUT2D eigenvalue weighted by Gasteiger charge is 2.49. The molecule has 6 nitrogen and oxygen atoms in total. The number of benzene rings is 1. The molecule has 1 fully saturated rings. The number of nitrogens with two attached hydrogens (primary N) is 2. The van der Waals surface area contributed by atoms with E-state index in [4.69, 9.17) is 16.2 Å². The molecule has 140 valence electrons.